The van der Waals surface area contributed by atoms with Crippen LogP contribution in [0.1, 0.15) is 26.7 Å². The molecule has 0 radical (unpaired) electrons. The van der Waals surface area contributed by atoms with Crippen molar-refractivity contribution in [3.05, 3.63) is 24.3 Å². The van der Waals surface area contributed by atoms with Crippen LogP contribution in [-0.4, -0.2) is 37.2 Å². The van der Waals surface area contributed by atoms with Crippen molar-refractivity contribution in [3.8, 4) is 0 Å². The van der Waals surface area contributed by atoms with E-state index in [1.54, 1.807) is 13.8 Å². The molecule has 1 aromatic rings. The zero-order valence-electron chi connectivity index (χ0n) is 12.9. The molecule has 0 spiro atoms. The van der Waals surface area contributed by atoms with Gasteiger partial charge in [0.05, 0.1) is 49.5 Å². The van der Waals surface area contributed by atoms with Crippen molar-refractivity contribution in [2.45, 2.75) is 38.8 Å². The molecule has 2 unspecified atom stereocenters. The lowest BCUT2D eigenvalue weighted by Crippen LogP contribution is -2.45. The van der Waals surface area contributed by atoms with Gasteiger partial charge in [0, 0.05) is 0 Å². The van der Waals surface area contributed by atoms with E-state index in [-0.39, 0.29) is 36.9 Å². The number of carbonyl (C=O) groups is 2. The summed E-state index contributed by atoms with van der Waals surface area (Å²) in [6.45, 7) is 4.24. The molecule has 6 heteroatoms. The first-order valence-electron chi connectivity index (χ1n) is 7.57. The van der Waals surface area contributed by atoms with Gasteiger partial charge in [0.2, 0.25) is 0 Å². The van der Waals surface area contributed by atoms with Gasteiger partial charge in [0.1, 0.15) is 0 Å². The summed E-state index contributed by atoms with van der Waals surface area (Å²) in [5.41, 5.74) is 1.83. The molecule has 0 aliphatic carbocycles. The fourth-order valence-corrected chi connectivity index (χ4v) is 2.52. The van der Waals surface area contributed by atoms with Crippen LogP contribution < -0.4 is 10.6 Å². The molecule has 0 aromatic heterocycles. The molecule has 2 atom stereocenters. The standard InChI is InChI=1S/C16H22N2O4/c1-3-21-15(19)9-13-14(10-16(20)22-4-2)18-12-8-6-5-7-11(12)17-13/h5-8,13-14,17-18H,3-4,9-10H2,1-2H3. The van der Waals surface area contributed by atoms with E-state index in [4.69, 9.17) is 9.47 Å². The van der Waals surface area contributed by atoms with Crippen LogP contribution in [0.5, 0.6) is 0 Å². The van der Waals surface area contributed by atoms with Gasteiger partial charge in [0.15, 0.2) is 0 Å². The molecule has 2 rings (SSSR count). The SMILES string of the molecule is CCOC(=O)CC1Nc2ccccc2NC1CC(=O)OCC. The van der Waals surface area contributed by atoms with Crippen molar-refractivity contribution in [1.82, 2.24) is 0 Å². The number of para-hydroxylation sites is 2. The molecule has 1 heterocycles. The Morgan fingerprint density at radius 2 is 1.32 bits per heavy atom. The Morgan fingerprint density at radius 3 is 1.68 bits per heavy atom. The van der Waals surface area contributed by atoms with E-state index in [0.29, 0.717) is 13.2 Å². The highest BCUT2D eigenvalue weighted by atomic mass is 16.5. The van der Waals surface area contributed by atoms with Crippen LogP contribution in [0, 0.1) is 0 Å². The van der Waals surface area contributed by atoms with Gasteiger partial charge in [0.25, 0.3) is 0 Å². The minimum atomic E-state index is -0.282. The minimum absolute atomic E-state index is 0.194. The van der Waals surface area contributed by atoms with Crippen molar-refractivity contribution in [3.63, 3.8) is 0 Å². The third-order valence-electron chi connectivity index (χ3n) is 3.48. The third-order valence-corrected chi connectivity index (χ3v) is 3.48. The predicted molar refractivity (Wildman–Crippen MR) is 83.8 cm³/mol. The fourth-order valence-electron chi connectivity index (χ4n) is 2.52. The van der Waals surface area contributed by atoms with Crippen LogP contribution >= 0.6 is 0 Å². The van der Waals surface area contributed by atoms with Gasteiger partial charge >= 0.3 is 11.9 Å². The quantitative estimate of drug-likeness (QED) is 0.784. The van der Waals surface area contributed by atoms with Crippen LogP contribution in [0.15, 0.2) is 24.3 Å². The maximum absolute atomic E-state index is 11.8. The predicted octanol–water partition coefficient (Wildman–Crippen LogP) is 2.17. The maximum atomic E-state index is 11.8. The Labute approximate surface area is 130 Å². The summed E-state index contributed by atoms with van der Waals surface area (Å²) >= 11 is 0. The van der Waals surface area contributed by atoms with Gasteiger partial charge < -0.3 is 20.1 Å². The number of nitrogens with one attached hydrogen (secondary N) is 2. The van der Waals surface area contributed by atoms with Crippen molar-refractivity contribution >= 4 is 23.3 Å². The van der Waals surface area contributed by atoms with E-state index in [1.807, 2.05) is 24.3 Å². The zero-order valence-corrected chi connectivity index (χ0v) is 12.9. The number of hydrogen-bond acceptors (Lipinski definition) is 6. The number of fused-ring (bicyclic) bond motifs is 1. The van der Waals surface area contributed by atoms with E-state index >= 15 is 0 Å². The topological polar surface area (TPSA) is 76.7 Å². The molecule has 1 aromatic carbocycles. The molecule has 0 bridgehead atoms. The summed E-state index contributed by atoms with van der Waals surface area (Å²) in [6.07, 6.45) is 0.387. The largest absolute Gasteiger partial charge is 0.466 e. The number of anilines is 2. The second-order valence-electron chi connectivity index (χ2n) is 5.07. The van der Waals surface area contributed by atoms with Crippen LogP contribution in [0.25, 0.3) is 0 Å². The van der Waals surface area contributed by atoms with Gasteiger partial charge in [-0.25, -0.2) is 0 Å². The van der Waals surface area contributed by atoms with Crippen LogP contribution in [0.2, 0.25) is 0 Å². The van der Waals surface area contributed by atoms with Crippen LogP contribution in [0.3, 0.4) is 0 Å². The van der Waals surface area contributed by atoms with Crippen molar-refractivity contribution in [1.29, 1.82) is 0 Å². The summed E-state index contributed by atoms with van der Waals surface area (Å²) in [4.78, 5) is 23.5. The minimum Gasteiger partial charge on any atom is -0.466 e. The Hall–Kier alpha value is -2.24. The Bertz CT molecular complexity index is 486. The highest BCUT2D eigenvalue weighted by Gasteiger charge is 2.31. The van der Waals surface area contributed by atoms with Crippen molar-refractivity contribution in [2.24, 2.45) is 0 Å². The van der Waals surface area contributed by atoms with E-state index in [0.717, 1.165) is 11.4 Å². The first-order valence-corrected chi connectivity index (χ1v) is 7.57. The van der Waals surface area contributed by atoms with Crippen LogP contribution in [-0.2, 0) is 19.1 Å². The number of benzene rings is 1. The Balaban J connectivity index is 2.11. The summed E-state index contributed by atoms with van der Waals surface area (Å²) in [5.74, 6) is -0.565. The average Bonchev–Trinajstić information content (AvgIpc) is 2.48. The van der Waals surface area contributed by atoms with Gasteiger partial charge in [-0.1, -0.05) is 12.1 Å². The van der Waals surface area contributed by atoms with E-state index in [9.17, 15) is 9.59 Å². The molecular weight excluding hydrogens is 284 g/mol. The summed E-state index contributed by atoms with van der Waals surface area (Å²) in [5, 5.41) is 6.63. The molecule has 0 amide bonds. The molecule has 1 aliphatic rings. The highest BCUT2D eigenvalue weighted by Crippen LogP contribution is 2.30. The smallest absolute Gasteiger partial charge is 0.307 e. The van der Waals surface area contributed by atoms with E-state index < -0.39 is 0 Å². The van der Waals surface area contributed by atoms with Gasteiger partial charge in [-0.15, -0.1) is 0 Å². The zero-order chi connectivity index (χ0) is 15.9. The number of esters is 2. The number of rotatable bonds is 6. The third kappa shape index (κ3) is 4.13. The molecule has 120 valence electrons. The first kappa shape index (κ1) is 16.1. The van der Waals surface area contributed by atoms with Gasteiger partial charge in [-0.3, -0.25) is 9.59 Å². The lowest BCUT2D eigenvalue weighted by atomic mass is 9.97. The van der Waals surface area contributed by atoms with Gasteiger partial charge in [-0.05, 0) is 26.0 Å². The molecule has 0 fully saturated rings. The molecular formula is C16H22N2O4. The average molecular weight is 306 g/mol. The highest BCUT2D eigenvalue weighted by molar-refractivity contribution is 5.78. The Kier molecular flexibility index (Phi) is 5.63. The molecule has 22 heavy (non-hydrogen) atoms. The van der Waals surface area contributed by atoms with Gasteiger partial charge in [-0.2, -0.15) is 0 Å². The molecule has 6 nitrogen and oxygen atoms in total. The summed E-state index contributed by atoms with van der Waals surface area (Å²) < 4.78 is 10.0. The lowest BCUT2D eigenvalue weighted by Gasteiger charge is -2.35. The van der Waals surface area contributed by atoms with E-state index in [1.165, 1.54) is 0 Å². The fraction of sp³-hybridized carbons (Fsp3) is 0.500. The van der Waals surface area contributed by atoms with Crippen molar-refractivity contribution in [2.75, 3.05) is 23.8 Å². The lowest BCUT2D eigenvalue weighted by molar-refractivity contribution is -0.145. The second kappa shape index (κ2) is 7.68. The normalized spacial score (nSPS) is 19.4. The monoisotopic (exact) mass is 306 g/mol. The van der Waals surface area contributed by atoms with Crippen molar-refractivity contribution < 1.29 is 19.1 Å². The van der Waals surface area contributed by atoms with Crippen LogP contribution in [0.4, 0.5) is 11.4 Å². The Morgan fingerprint density at radius 1 is 0.909 bits per heavy atom. The van der Waals surface area contributed by atoms with E-state index in [2.05, 4.69) is 10.6 Å². The molecule has 0 saturated heterocycles. The first-order chi connectivity index (χ1) is 10.6. The second-order valence-corrected chi connectivity index (χ2v) is 5.07. The molecule has 1 aliphatic heterocycles. The summed E-state index contributed by atoms with van der Waals surface area (Å²) in [7, 11) is 0. The number of hydrogen-bond donors (Lipinski definition) is 2. The molecule has 2 N–H and O–H groups in total. The summed E-state index contributed by atoms with van der Waals surface area (Å²) in [6, 6.07) is 7.25. The number of ether oxygens (including phenoxy) is 2. The maximum Gasteiger partial charge on any atom is 0.307 e. The molecule has 0 saturated carbocycles. The number of carbonyl (C=O) groups excluding carboxylic acids is 2.